The summed E-state index contributed by atoms with van der Waals surface area (Å²) in [4.78, 5) is 18.0. The van der Waals surface area contributed by atoms with Crippen LogP contribution in [0.3, 0.4) is 0 Å². The molecule has 110 valence electrons. The molecule has 0 unspecified atom stereocenters. The summed E-state index contributed by atoms with van der Waals surface area (Å²) in [6, 6.07) is 2.89. The van der Waals surface area contributed by atoms with Gasteiger partial charge in [0.15, 0.2) is 5.82 Å². The van der Waals surface area contributed by atoms with E-state index in [0.717, 1.165) is 18.2 Å². The summed E-state index contributed by atoms with van der Waals surface area (Å²) in [7, 11) is 2.98. The number of nitro benzene ring substituents is 1. The van der Waals surface area contributed by atoms with Crippen LogP contribution in [0.25, 0.3) is 0 Å². The molecule has 1 heterocycles. The van der Waals surface area contributed by atoms with Crippen LogP contribution >= 0.6 is 0 Å². The Bertz CT molecular complexity index is 680. The SMILES string of the molecule is CNc1ncnc(Oc2cc(F)ccc2[N+](=O)[O-])c1OC. The number of rotatable bonds is 5. The lowest BCUT2D eigenvalue weighted by molar-refractivity contribution is -0.385. The average Bonchev–Trinajstić information content (AvgIpc) is 2.46. The maximum absolute atomic E-state index is 13.3. The standard InChI is InChI=1S/C12H11FN4O4/c1-14-11-10(20-2)12(16-6-15-11)21-9-5-7(13)3-4-8(9)17(18)19/h3-6H,1-2H3,(H,14,15,16). The molecule has 0 aliphatic heterocycles. The van der Waals surface area contributed by atoms with Gasteiger partial charge >= 0.3 is 5.69 Å². The molecule has 2 rings (SSSR count). The summed E-state index contributed by atoms with van der Waals surface area (Å²) in [6.07, 6.45) is 1.19. The Morgan fingerprint density at radius 1 is 1.38 bits per heavy atom. The minimum absolute atomic E-state index is 0.0643. The second kappa shape index (κ2) is 5.99. The number of nitrogens with one attached hydrogen (secondary N) is 1. The van der Waals surface area contributed by atoms with Gasteiger partial charge in [-0.2, -0.15) is 4.98 Å². The molecule has 21 heavy (non-hydrogen) atoms. The average molecular weight is 294 g/mol. The predicted octanol–water partition coefficient (Wildman–Crippen LogP) is 2.37. The van der Waals surface area contributed by atoms with Gasteiger partial charge in [-0.1, -0.05) is 0 Å². The molecule has 0 spiro atoms. The highest BCUT2D eigenvalue weighted by Crippen LogP contribution is 2.37. The fourth-order valence-electron chi connectivity index (χ4n) is 1.62. The first kappa shape index (κ1) is 14.4. The number of halogens is 1. The van der Waals surface area contributed by atoms with Gasteiger partial charge in [0.25, 0.3) is 5.88 Å². The topological polar surface area (TPSA) is 99.4 Å². The molecular weight excluding hydrogens is 283 g/mol. The highest BCUT2D eigenvalue weighted by atomic mass is 19.1. The molecule has 8 nitrogen and oxygen atoms in total. The van der Waals surface area contributed by atoms with E-state index in [1.54, 1.807) is 7.05 Å². The molecule has 0 aliphatic rings. The highest BCUT2D eigenvalue weighted by molar-refractivity contribution is 5.57. The van der Waals surface area contributed by atoms with Gasteiger partial charge in [-0.05, 0) is 6.07 Å². The number of hydrogen-bond acceptors (Lipinski definition) is 7. The molecule has 1 N–H and O–H groups in total. The molecule has 0 saturated heterocycles. The predicted molar refractivity (Wildman–Crippen MR) is 71.3 cm³/mol. The van der Waals surface area contributed by atoms with Crippen molar-refractivity contribution in [2.75, 3.05) is 19.5 Å². The van der Waals surface area contributed by atoms with Crippen molar-refractivity contribution in [3.63, 3.8) is 0 Å². The van der Waals surface area contributed by atoms with E-state index in [-0.39, 0.29) is 23.1 Å². The third kappa shape index (κ3) is 2.96. The Labute approximate surface area is 118 Å². The monoisotopic (exact) mass is 294 g/mol. The molecule has 0 aliphatic carbocycles. The van der Waals surface area contributed by atoms with Crippen molar-refractivity contribution in [1.29, 1.82) is 0 Å². The highest BCUT2D eigenvalue weighted by Gasteiger charge is 2.20. The Morgan fingerprint density at radius 2 is 2.14 bits per heavy atom. The van der Waals surface area contributed by atoms with Crippen LogP contribution < -0.4 is 14.8 Å². The number of nitro groups is 1. The Kier molecular flexibility index (Phi) is 4.12. The van der Waals surface area contributed by atoms with Crippen molar-refractivity contribution >= 4 is 11.5 Å². The van der Waals surface area contributed by atoms with Gasteiger partial charge in [-0.3, -0.25) is 10.1 Å². The van der Waals surface area contributed by atoms with E-state index in [9.17, 15) is 14.5 Å². The zero-order valence-corrected chi connectivity index (χ0v) is 11.2. The molecule has 9 heteroatoms. The Hall–Kier alpha value is -2.97. The minimum Gasteiger partial charge on any atom is -0.489 e. The molecule has 2 aromatic rings. The van der Waals surface area contributed by atoms with Crippen molar-refractivity contribution in [1.82, 2.24) is 9.97 Å². The smallest absolute Gasteiger partial charge is 0.311 e. The summed E-state index contributed by atoms with van der Waals surface area (Å²) >= 11 is 0. The van der Waals surface area contributed by atoms with Gasteiger partial charge in [-0.25, -0.2) is 9.37 Å². The zero-order valence-electron chi connectivity index (χ0n) is 11.2. The fraction of sp³-hybridized carbons (Fsp3) is 0.167. The maximum Gasteiger partial charge on any atom is 0.311 e. The van der Waals surface area contributed by atoms with E-state index in [1.807, 2.05) is 0 Å². The normalized spacial score (nSPS) is 10.0. The van der Waals surface area contributed by atoms with Crippen LogP contribution in [0, 0.1) is 15.9 Å². The Morgan fingerprint density at radius 3 is 2.76 bits per heavy atom. The maximum atomic E-state index is 13.3. The van der Waals surface area contributed by atoms with Gasteiger partial charge in [-0.15, -0.1) is 0 Å². The van der Waals surface area contributed by atoms with E-state index < -0.39 is 10.7 Å². The van der Waals surface area contributed by atoms with E-state index in [2.05, 4.69) is 15.3 Å². The van der Waals surface area contributed by atoms with Crippen molar-refractivity contribution in [2.24, 2.45) is 0 Å². The van der Waals surface area contributed by atoms with Crippen LogP contribution in [0.4, 0.5) is 15.9 Å². The van der Waals surface area contributed by atoms with Crippen LogP contribution in [0.15, 0.2) is 24.5 Å². The van der Waals surface area contributed by atoms with Crippen LogP contribution in [0.1, 0.15) is 0 Å². The lowest BCUT2D eigenvalue weighted by atomic mass is 10.3. The lowest BCUT2D eigenvalue weighted by Crippen LogP contribution is -2.02. The van der Waals surface area contributed by atoms with Crippen molar-refractivity contribution in [2.45, 2.75) is 0 Å². The molecule has 0 radical (unpaired) electrons. The summed E-state index contributed by atoms with van der Waals surface area (Å²) in [6.45, 7) is 0. The van der Waals surface area contributed by atoms with Crippen LogP contribution in [-0.2, 0) is 0 Å². The molecule has 0 fully saturated rings. The van der Waals surface area contributed by atoms with E-state index in [4.69, 9.17) is 9.47 Å². The molecule has 0 atom stereocenters. The summed E-state index contributed by atoms with van der Waals surface area (Å²) in [5.74, 6) is -0.526. The third-order valence-corrected chi connectivity index (χ3v) is 2.54. The van der Waals surface area contributed by atoms with Gasteiger partial charge < -0.3 is 14.8 Å². The number of hydrogen-bond donors (Lipinski definition) is 1. The molecule has 1 aromatic carbocycles. The van der Waals surface area contributed by atoms with Crippen molar-refractivity contribution in [3.05, 3.63) is 40.5 Å². The number of ether oxygens (including phenoxy) is 2. The van der Waals surface area contributed by atoms with Crippen LogP contribution in [-0.4, -0.2) is 29.0 Å². The number of aromatic nitrogens is 2. The molecule has 0 bridgehead atoms. The molecular formula is C12H11FN4O4. The molecule has 1 aromatic heterocycles. The number of benzene rings is 1. The zero-order chi connectivity index (χ0) is 15.4. The third-order valence-electron chi connectivity index (χ3n) is 2.54. The first-order valence-electron chi connectivity index (χ1n) is 5.75. The number of nitrogens with zero attached hydrogens (tertiary/aromatic N) is 3. The van der Waals surface area contributed by atoms with Crippen molar-refractivity contribution < 1.29 is 18.8 Å². The van der Waals surface area contributed by atoms with Crippen molar-refractivity contribution in [3.8, 4) is 17.4 Å². The van der Waals surface area contributed by atoms with Crippen LogP contribution in [0.5, 0.6) is 17.4 Å². The largest absolute Gasteiger partial charge is 0.489 e. The van der Waals surface area contributed by atoms with E-state index in [1.165, 1.54) is 13.4 Å². The quantitative estimate of drug-likeness (QED) is 0.667. The van der Waals surface area contributed by atoms with Crippen LogP contribution in [0.2, 0.25) is 0 Å². The Balaban J connectivity index is 2.47. The van der Waals surface area contributed by atoms with E-state index in [0.29, 0.717) is 5.82 Å². The van der Waals surface area contributed by atoms with Gasteiger partial charge in [0.1, 0.15) is 12.1 Å². The first-order valence-corrected chi connectivity index (χ1v) is 5.75. The minimum atomic E-state index is -0.679. The van der Waals surface area contributed by atoms with Gasteiger partial charge in [0.05, 0.1) is 12.0 Å². The summed E-state index contributed by atoms with van der Waals surface area (Å²) < 4.78 is 23.7. The molecule has 0 saturated carbocycles. The van der Waals surface area contributed by atoms with E-state index >= 15 is 0 Å². The second-order valence-corrected chi connectivity index (χ2v) is 3.78. The summed E-state index contributed by atoms with van der Waals surface area (Å²) in [5, 5.41) is 13.7. The lowest BCUT2D eigenvalue weighted by Gasteiger charge is -2.11. The first-order chi connectivity index (χ1) is 10.1. The number of anilines is 1. The second-order valence-electron chi connectivity index (χ2n) is 3.78. The fourth-order valence-corrected chi connectivity index (χ4v) is 1.62. The van der Waals surface area contributed by atoms with Gasteiger partial charge in [0, 0.05) is 19.2 Å². The van der Waals surface area contributed by atoms with Gasteiger partial charge in [0.2, 0.25) is 11.5 Å². The summed E-state index contributed by atoms with van der Waals surface area (Å²) in [5.41, 5.74) is -0.386. The molecule has 0 amide bonds. The number of methoxy groups -OCH3 is 1.